The zero-order valence-electron chi connectivity index (χ0n) is 11.5. The molecule has 21 heavy (non-hydrogen) atoms. The molecule has 4 nitrogen and oxygen atoms in total. The van der Waals surface area contributed by atoms with E-state index >= 15 is 0 Å². The Morgan fingerprint density at radius 2 is 1.95 bits per heavy atom. The summed E-state index contributed by atoms with van der Waals surface area (Å²) in [6.07, 6.45) is 3.58. The summed E-state index contributed by atoms with van der Waals surface area (Å²) in [6, 6.07) is 13.5. The highest BCUT2D eigenvalue weighted by Crippen LogP contribution is 2.25. The molecule has 0 radical (unpaired) electrons. The van der Waals surface area contributed by atoms with Crippen molar-refractivity contribution in [2.75, 3.05) is 0 Å². The van der Waals surface area contributed by atoms with Gasteiger partial charge in [0, 0.05) is 11.9 Å². The Labute approximate surface area is 128 Å². The Morgan fingerprint density at radius 1 is 1.19 bits per heavy atom. The highest BCUT2D eigenvalue weighted by molar-refractivity contribution is 7.80. The number of hydrogen-bond donors (Lipinski definition) is 2. The van der Waals surface area contributed by atoms with Crippen molar-refractivity contribution in [3.8, 4) is 0 Å². The highest BCUT2D eigenvalue weighted by Gasteiger charge is 2.34. The van der Waals surface area contributed by atoms with Gasteiger partial charge in [-0.15, -0.1) is 0 Å². The SMILES string of the molecule is CC(c1ccccc1)N1C(=O)/C(=C/c2ccc[nH]2)NC1=S. The maximum Gasteiger partial charge on any atom is 0.277 e. The summed E-state index contributed by atoms with van der Waals surface area (Å²) < 4.78 is 0. The van der Waals surface area contributed by atoms with Crippen LogP contribution in [0.1, 0.15) is 24.2 Å². The zero-order valence-corrected chi connectivity index (χ0v) is 12.4. The average Bonchev–Trinajstić information content (AvgIpc) is 3.09. The minimum absolute atomic E-state index is 0.103. The lowest BCUT2D eigenvalue weighted by Crippen LogP contribution is -2.33. The first-order valence-corrected chi connectivity index (χ1v) is 7.12. The molecule has 0 saturated carbocycles. The van der Waals surface area contributed by atoms with E-state index < -0.39 is 0 Å². The van der Waals surface area contributed by atoms with Gasteiger partial charge in [-0.05, 0) is 42.9 Å². The molecule has 1 unspecified atom stereocenters. The molecule has 1 aliphatic heterocycles. The van der Waals surface area contributed by atoms with E-state index in [1.54, 1.807) is 11.0 Å². The molecular weight excluding hydrogens is 282 g/mol. The Kier molecular flexibility index (Phi) is 3.58. The molecule has 2 aromatic rings. The Hall–Kier alpha value is -2.40. The molecule has 2 heterocycles. The molecule has 106 valence electrons. The average molecular weight is 297 g/mol. The number of H-pyrrole nitrogens is 1. The summed E-state index contributed by atoms with van der Waals surface area (Å²) in [7, 11) is 0. The smallest absolute Gasteiger partial charge is 0.277 e. The van der Waals surface area contributed by atoms with Crippen LogP contribution in [0.15, 0.2) is 54.4 Å². The predicted molar refractivity (Wildman–Crippen MR) is 86.2 cm³/mol. The van der Waals surface area contributed by atoms with Crippen molar-refractivity contribution in [1.82, 2.24) is 15.2 Å². The van der Waals surface area contributed by atoms with E-state index in [1.807, 2.05) is 55.6 Å². The Balaban J connectivity index is 1.88. The second-order valence-electron chi connectivity index (χ2n) is 4.88. The van der Waals surface area contributed by atoms with Crippen LogP contribution in [0.5, 0.6) is 0 Å². The van der Waals surface area contributed by atoms with Gasteiger partial charge in [-0.25, -0.2) is 0 Å². The van der Waals surface area contributed by atoms with E-state index in [2.05, 4.69) is 10.3 Å². The van der Waals surface area contributed by atoms with Crippen molar-refractivity contribution in [2.24, 2.45) is 0 Å². The summed E-state index contributed by atoms with van der Waals surface area (Å²) in [5.74, 6) is -0.106. The lowest BCUT2D eigenvalue weighted by atomic mass is 10.1. The molecule has 0 bridgehead atoms. The van der Waals surface area contributed by atoms with Gasteiger partial charge in [0.2, 0.25) is 0 Å². The van der Waals surface area contributed by atoms with E-state index in [-0.39, 0.29) is 11.9 Å². The normalized spacial score (nSPS) is 18.1. The third kappa shape index (κ3) is 2.60. The fourth-order valence-corrected chi connectivity index (χ4v) is 2.72. The number of hydrogen-bond acceptors (Lipinski definition) is 2. The number of aromatic nitrogens is 1. The monoisotopic (exact) mass is 297 g/mol. The number of nitrogens with one attached hydrogen (secondary N) is 2. The second kappa shape index (κ2) is 5.54. The second-order valence-corrected chi connectivity index (χ2v) is 5.26. The Morgan fingerprint density at radius 3 is 2.62 bits per heavy atom. The van der Waals surface area contributed by atoms with Crippen molar-refractivity contribution in [2.45, 2.75) is 13.0 Å². The molecule has 1 aromatic carbocycles. The van der Waals surface area contributed by atoms with Gasteiger partial charge in [-0.2, -0.15) is 0 Å². The van der Waals surface area contributed by atoms with Gasteiger partial charge in [0.15, 0.2) is 5.11 Å². The number of carbonyl (C=O) groups is 1. The predicted octanol–water partition coefficient (Wildman–Crippen LogP) is 2.83. The third-order valence-corrected chi connectivity index (χ3v) is 3.80. The molecule has 0 spiro atoms. The summed E-state index contributed by atoms with van der Waals surface area (Å²) in [5, 5.41) is 3.43. The van der Waals surface area contributed by atoms with Gasteiger partial charge in [0.1, 0.15) is 5.70 Å². The number of nitrogens with zero attached hydrogens (tertiary/aromatic N) is 1. The standard InChI is InChI=1S/C16H15N3OS/c1-11(12-6-3-2-4-7-12)19-15(20)14(18-16(19)21)10-13-8-5-9-17-13/h2-11,17H,1H3,(H,18,21)/b14-10-. The minimum Gasteiger partial charge on any atom is -0.362 e. The zero-order chi connectivity index (χ0) is 14.8. The molecule has 5 heteroatoms. The fourth-order valence-electron chi connectivity index (χ4n) is 2.37. The molecular formula is C16H15N3OS. The first kappa shape index (κ1) is 13.6. The Bertz CT molecular complexity index is 692. The molecule has 1 saturated heterocycles. The van der Waals surface area contributed by atoms with Gasteiger partial charge in [0.25, 0.3) is 5.91 Å². The van der Waals surface area contributed by atoms with E-state index in [9.17, 15) is 4.79 Å². The van der Waals surface area contributed by atoms with Crippen LogP contribution < -0.4 is 5.32 Å². The number of amides is 1. The van der Waals surface area contributed by atoms with Crippen LogP contribution in [0.2, 0.25) is 0 Å². The van der Waals surface area contributed by atoms with Crippen molar-refractivity contribution < 1.29 is 4.79 Å². The van der Waals surface area contributed by atoms with Crippen LogP contribution >= 0.6 is 12.2 Å². The number of aromatic amines is 1. The maximum absolute atomic E-state index is 12.6. The quantitative estimate of drug-likeness (QED) is 0.676. The van der Waals surface area contributed by atoms with Crippen molar-refractivity contribution in [3.05, 3.63) is 65.6 Å². The van der Waals surface area contributed by atoms with E-state index in [4.69, 9.17) is 12.2 Å². The van der Waals surface area contributed by atoms with Crippen molar-refractivity contribution in [1.29, 1.82) is 0 Å². The van der Waals surface area contributed by atoms with Crippen molar-refractivity contribution >= 4 is 29.3 Å². The lowest BCUT2D eigenvalue weighted by molar-refractivity contribution is -0.123. The van der Waals surface area contributed by atoms with Gasteiger partial charge >= 0.3 is 0 Å². The molecule has 1 amide bonds. The van der Waals surface area contributed by atoms with Crippen molar-refractivity contribution in [3.63, 3.8) is 0 Å². The summed E-state index contributed by atoms with van der Waals surface area (Å²) in [6.45, 7) is 1.97. The summed E-state index contributed by atoms with van der Waals surface area (Å²) >= 11 is 5.31. The molecule has 1 aliphatic rings. The van der Waals surface area contributed by atoms with Crippen LogP contribution in [0.4, 0.5) is 0 Å². The number of carbonyl (C=O) groups excluding carboxylic acids is 1. The summed E-state index contributed by atoms with van der Waals surface area (Å²) in [4.78, 5) is 17.2. The van der Waals surface area contributed by atoms with Gasteiger partial charge in [0.05, 0.1) is 6.04 Å². The van der Waals surface area contributed by atoms with E-state index in [1.165, 1.54) is 0 Å². The third-order valence-electron chi connectivity index (χ3n) is 3.50. The van der Waals surface area contributed by atoms with Crippen LogP contribution in [-0.2, 0) is 4.79 Å². The topological polar surface area (TPSA) is 48.1 Å². The number of rotatable bonds is 3. The van der Waals surface area contributed by atoms with Gasteiger partial charge < -0.3 is 10.3 Å². The van der Waals surface area contributed by atoms with E-state index in [0.717, 1.165) is 11.3 Å². The number of thiocarbonyl (C=S) groups is 1. The van der Waals surface area contributed by atoms with E-state index in [0.29, 0.717) is 10.8 Å². The van der Waals surface area contributed by atoms with Crippen LogP contribution in [0.3, 0.4) is 0 Å². The first-order valence-electron chi connectivity index (χ1n) is 6.71. The summed E-state index contributed by atoms with van der Waals surface area (Å²) in [5.41, 5.74) is 2.41. The van der Waals surface area contributed by atoms with Gasteiger partial charge in [-0.3, -0.25) is 9.69 Å². The first-order chi connectivity index (χ1) is 10.2. The fraction of sp³-hybridized carbons (Fsp3) is 0.125. The van der Waals surface area contributed by atoms with Gasteiger partial charge in [-0.1, -0.05) is 30.3 Å². The molecule has 1 fully saturated rings. The molecule has 1 aromatic heterocycles. The molecule has 1 atom stereocenters. The highest BCUT2D eigenvalue weighted by atomic mass is 32.1. The van der Waals surface area contributed by atoms with Crippen LogP contribution in [-0.4, -0.2) is 20.9 Å². The molecule has 0 aliphatic carbocycles. The van der Waals surface area contributed by atoms with Crippen LogP contribution in [0, 0.1) is 0 Å². The minimum atomic E-state index is -0.106. The largest absolute Gasteiger partial charge is 0.362 e. The maximum atomic E-state index is 12.6. The molecule has 2 N–H and O–H groups in total. The number of benzene rings is 1. The molecule has 3 rings (SSSR count). The van der Waals surface area contributed by atoms with Crippen LogP contribution in [0.25, 0.3) is 6.08 Å². The lowest BCUT2D eigenvalue weighted by Gasteiger charge is -2.23.